The van der Waals surface area contributed by atoms with Crippen molar-refractivity contribution in [1.82, 2.24) is 19.9 Å². The predicted molar refractivity (Wildman–Crippen MR) is 268 cm³/mol. The molecule has 8 nitrogen and oxygen atoms in total. The van der Waals surface area contributed by atoms with Crippen LogP contribution in [0.2, 0.25) is 0 Å². The Morgan fingerprint density at radius 3 is 0.705 bits per heavy atom. The van der Waals surface area contributed by atoms with Gasteiger partial charge in [0.15, 0.2) is 49.6 Å². The van der Waals surface area contributed by atoms with E-state index in [-0.39, 0.29) is 17.1 Å². The van der Waals surface area contributed by atoms with E-state index in [1.54, 1.807) is 0 Å². The van der Waals surface area contributed by atoms with Crippen LogP contribution in [0, 0.1) is 0 Å². The Kier molecular flexibility index (Phi) is 13.2. The quantitative estimate of drug-likeness (QED) is 0.136. The van der Waals surface area contributed by atoms with Crippen LogP contribution in [0.3, 0.4) is 0 Å². The van der Waals surface area contributed by atoms with Crippen LogP contribution in [0.5, 0.6) is 0 Å². The summed E-state index contributed by atoms with van der Waals surface area (Å²) in [6.07, 6.45) is 16.4. The van der Waals surface area contributed by atoms with Crippen LogP contribution in [0.15, 0.2) is 116 Å². The summed E-state index contributed by atoms with van der Waals surface area (Å²) in [5, 5.41) is 0. The molecule has 0 amide bonds. The maximum atomic E-state index is 5.58. The van der Waals surface area contributed by atoms with Gasteiger partial charge in [0.25, 0.3) is 0 Å². The van der Waals surface area contributed by atoms with Crippen molar-refractivity contribution >= 4 is 167 Å². The van der Waals surface area contributed by atoms with E-state index < -0.39 is 0 Å². The molecule has 7 aromatic heterocycles. The number of fused-ring (bicyclic) bond motifs is 8. The van der Waals surface area contributed by atoms with Gasteiger partial charge in [0.1, 0.15) is 28.2 Å². The number of H-pyrrole nitrogens is 2. The number of hydrogen-bond donors (Lipinski definition) is 2. The first-order chi connectivity index (χ1) is 28.7. The van der Waals surface area contributed by atoms with Crippen molar-refractivity contribution in [1.29, 1.82) is 0 Å². The maximum Gasteiger partial charge on any atom is 2.00 e. The Morgan fingerprint density at radius 2 is 0.525 bits per heavy atom. The van der Waals surface area contributed by atoms with E-state index in [4.69, 9.17) is 9.97 Å². The van der Waals surface area contributed by atoms with Crippen molar-refractivity contribution in [3.63, 3.8) is 0 Å². The summed E-state index contributed by atoms with van der Waals surface area (Å²) < 4.78 is 14.7. The number of halogens is 8. The first-order valence-corrected chi connectivity index (χ1v) is 24.6. The number of aromatic nitrogens is 8. The molecule has 2 aliphatic heterocycles. The van der Waals surface area contributed by atoms with Gasteiger partial charge in [-0.2, -0.15) is 0 Å². The summed E-state index contributed by atoms with van der Waals surface area (Å²) in [6, 6.07) is 16.9. The minimum atomic E-state index is 0. The van der Waals surface area contributed by atoms with Crippen LogP contribution in [0.1, 0.15) is 22.8 Å². The van der Waals surface area contributed by atoms with Crippen LogP contribution in [0.25, 0.3) is 84.5 Å². The number of pyridine rings is 4. The molecule has 0 saturated carbocycles. The smallest absolute Gasteiger partial charge is 0.352 e. The van der Waals surface area contributed by atoms with Gasteiger partial charge in [-0.15, -0.1) is 0 Å². The fourth-order valence-corrected chi connectivity index (χ4v) is 11.2. The number of nitrogens with one attached hydrogen (secondary N) is 2. The van der Waals surface area contributed by atoms with Crippen molar-refractivity contribution in [2.45, 2.75) is 0 Å². The summed E-state index contributed by atoms with van der Waals surface area (Å²) in [7, 11) is 8.05. The molecular formula is C44H30Br8MnN8+6. The molecule has 0 unspecified atom stereocenters. The molecule has 61 heavy (non-hydrogen) atoms. The molecule has 9 rings (SSSR count). The van der Waals surface area contributed by atoms with Gasteiger partial charge in [0.05, 0.1) is 80.7 Å². The standard InChI is InChI=1S/C44H29Br8N8.Mn/c1-57-13-5-21(6-14-57)25-37-29(45)31(47)39(53-37)26(22-7-15-58(2)16-8-22)41-33(49)35(51)43(55-41)28(24-11-19-60(4)20-12-24)44-36(52)34(50)42(56-44)27(23-9-17-59(3)18-10-23)40-32(48)30(46)38(25)54-40;/h5-20H,1-4H3,(H,53,54,55,56);/q+3;+2/p+1. The molecule has 0 aromatic carbocycles. The summed E-state index contributed by atoms with van der Waals surface area (Å²) in [6.45, 7) is 0. The normalized spacial score (nSPS) is 12.7. The molecule has 7 aromatic rings. The predicted octanol–water partition coefficient (Wildman–Crippen LogP) is 12.6. The fraction of sp³-hybridized carbons (Fsp3) is 0.0909. The van der Waals surface area contributed by atoms with Gasteiger partial charge in [-0.1, -0.05) is 0 Å². The van der Waals surface area contributed by atoms with Crippen molar-refractivity contribution < 1.29 is 35.3 Å². The second-order valence-corrected chi connectivity index (χ2v) is 20.7. The molecule has 0 aliphatic carbocycles. The van der Waals surface area contributed by atoms with Crippen molar-refractivity contribution in [2.75, 3.05) is 0 Å². The van der Waals surface area contributed by atoms with Crippen LogP contribution < -0.4 is 18.3 Å². The molecule has 303 valence electrons. The second-order valence-electron chi connectivity index (χ2n) is 14.4. The number of aromatic amines is 2. The largest absolute Gasteiger partial charge is 2.00 e. The van der Waals surface area contributed by atoms with E-state index in [0.29, 0.717) is 0 Å². The molecule has 0 atom stereocenters. The van der Waals surface area contributed by atoms with E-state index >= 15 is 0 Å². The van der Waals surface area contributed by atoms with Crippen LogP contribution >= 0.6 is 127 Å². The number of hydrogen-bond acceptors (Lipinski definition) is 2. The Bertz CT molecular complexity index is 2770. The van der Waals surface area contributed by atoms with Gasteiger partial charge < -0.3 is 9.97 Å². The van der Waals surface area contributed by atoms with Crippen molar-refractivity contribution in [3.8, 4) is 44.5 Å². The number of rotatable bonds is 4. The fourth-order valence-electron chi connectivity index (χ4n) is 7.36. The van der Waals surface area contributed by atoms with Gasteiger partial charge in [0, 0.05) is 70.8 Å². The molecule has 9 heterocycles. The maximum absolute atomic E-state index is 5.58. The average molecular weight is 1360 g/mol. The van der Waals surface area contributed by atoms with E-state index in [9.17, 15) is 0 Å². The minimum Gasteiger partial charge on any atom is -0.352 e. The van der Waals surface area contributed by atoms with E-state index in [0.717, 1.165) is 125 Å². The Labute approximate surface area is 429 Å². The van der Waals surface area contributed by atoms with Crippen LogP contribution in [-0.2, 0) is 45.3 Å². The minimum absolute atomic E-state index is 0. The zero-order chi connectivity index (χ0) is 42.3. The summed E-state index contributed by atoms with van der Waals surface area (Å²) in [5.41, 5.74) is 13.7. The van der Waals surface area contributed by atoms with Gasteiger partial charge in [-0.3, -0.25) is 0 Å². The van der Waals surface area contributed by atoms with Crippen LogP contribution in [0.4, 0.5) is 0 Å². The molecule has 1 radical (unpaired) electrons. The van der Waals surface area contributed by atoms with E-state index in [2.05, 4.69) is 186 Å². The Hall–Kier alpha value is -2.44. The van der Waals surface area contributed by atoms with Gasteiger partial charge in [-0.05, 0) is 150 Å². The summed E-state index contributed by atoms with van der Waals surface area (Å²) in [4.78, 5) is 18.9. The molecule has 17 heteroatoms. The van der Waals surface area contributed by atoms with E-state index in [1.807, 2.05) is 96.0 Å². The number of nitrogens with zero attached hydrogens (tertiary/aromatic N) is 6. The molecular weight excluding hydrogens is 1330 g/mol. The topological polar surface area (TPSA) is 72.9 Å². The zero-order valence-corrected chi connectivity index (χ0v) is 46.2. The monoisotopic (exact) mass is 1360 g/mol. The summed E-state index contributed by atoms with van der Waals surface area (Å²) in [5.74, 6) is 0. The van der Waals surface area contributed by atoms with Gasteiger partial charge in [0.2, 0.25) is 0 Å². The molecule has 2 N–H and O–H groups in total. The number of aryl methyl sites for hydroxylation is 4. The first kappa shape index (κ1) is 45.1. The van der Waals surface area contributed by atoms with Crippen LogP contribution in [-0.4, -0.2) is 19.9 Å². The SMILES string of the molecule is C[n+]1ccc(-c2c3nc(c(-c4cc[n+](C)cc4)c4[nH]c(c(Br)c4Br)c(-c4cc[n+](C)cc4)c4nc(c(-c5cc[n+](C)cc5)c5[nH]c2c(Br)c5Br)C(Br)=C4Br)C(Br)=C3Br)cc1.[Mn+2]. The van der Waals surface area contributed by atoms with Gasteiger partial charge >= 0.3 is 17.1 Å². The zero-order valence-electron chi connectivity index (χ0n) is 32.3. The van der Waals surface area contributed by atoms with Gasteiger partial charge in [-0.25, -0.2) is 28.2 Å². The summed E-state index contributed by atoms with van der Waals surface area (Å²) >= 11 is 32.4. The van der Waals surface area contributed by atoms with E-state index in [1.165, 1.54) is 0 Å². The molecule has 2 aliphatic rings. The molecule has 0 spiro atoms. The third-order valence-corrected chi connectivity index (χ3v) is 18.8. The van der Waals surface area contributed by atoms with Crippen molar-refractivity contribution in [3.05, 3.63) is 139 Å². The first-order valence-electron chi connectivity index (χ1n) is 18.2. The Balaban J connectivity index is 0.00000514. The third-order valence-electron chi connectivity index (χ3n) is 10.4. The second kappa shape index (κ2) is 17.9. The third kappa shape index (κ3) is 7.94. The Morgan fingerprint density at radius 1 is 0.344 bits per heavy atom. The molecule has 8 bridgehead atoms. The molecule has 0 fully saturated rings. The molecule has 0 saturated heterocycles. The average Bonchev–Trinajstić information content (AvgIpc) is 3.89. The van der Waals surface area contributed by atoms with Crippen molar-refractivity contribution in [2.24, 2.45) is 28.2 Å².